The van der Waals surface area contributed by atoms with Crippen LogP contribution in [0.3, 0.4) is 0 Å². The molecule has 7 nitrogen and oxygen atoms in total. The Hall–Kier alpha value is -3.35. The van der Waals surface area contributed by atoms with Crippen molar-refractivity contribution in [1.29, 1.82) is 0 Å². The molecule has 0 aliphatic rings. The second kappa shape index (κ2) is 7.48. The van der Waals surface area contributed by atoms with Crippen molar-refractivity contribution in [2.75, 3.05) is 21.3 Å². The van der Waals surface area contributed by atoms with Crippen molar-refractivity contribution in [3.05, 3.63) is 48.5 Å². The third kappa shape index (κ3) is 3.10. The van der Waals surface area contributed by atoms with Gasteiger partial charge in [-0.15, -0.1) is 0 Å². The fourth-order valence-corrected chi connectivity index (χ4v) is 4.59. The van der Waals surface area contributed by atoms with Crippen molar-refractivity contribution in [1.82, 2.24) is 17.9 Å². The summed E-state index contributed by atoms with van der Waals surface area (Å²) in [5.41, 5.74) is 6.83. The van der Waals surface area contributed by atoms with E-state index in [1.165, 1.54) is 0 Å². The SMILES string of the molecule is COc1cc(-c2nc3ccc(-c4ccc5n[se]nc5c4)cc3[nH]2)cc(OC)c1OC. The molecule has 0 spiro atoms. The van der Waals surface area contributed by atoms with Gasteiger partial charge in [0.2, 0.25) is 5.75 Å². The Kier molecular flexibility index (Phi) is 4.65. The zero-order chi connectivity index (χ0) is 20.7. The summed E-state index contributed by atoms with van der Waals surface area (Å²) in [7, 11) is 4.79. The summed E-state index contributed by atoms with van der Waals surface area (Å²) in [4.78, 5) is 8.16. The fraction of sp³-hybridized carbons (Fsp3) is 0.136. The Morgan fingerprint density at radius 3 is 2.07 bits per heavy atom. The predicted molar refractivity (Wildman–Crippen MR) is 117 cm³/mol. The van der Waals surface area contributed by atoms with Crippen LogP contribution in [0.1, 0.15) is 0 Å². The average molecular weight is 465 g/mol. The molecular weight excluding hydrogens is 447 g/mol. The number of rotatable bonds is 5. The Bertz CT molecular complexity index is 1350. The minimum Gasteiger partial charge on any atom is -0.493 e. The molecule has 5 rings (SSSR count). The van der Waals surface area contributed by atoms with Gasteiger partial charge < -0.3 is 14.2 Å². The van der Waals surface area contributed by atoms with E-state index in [2.05, 4.69) is 37.2 Å². The smallest absolute Gasteiger partial charge is 0.493 e. The molecule has 3 aromatic carbocycles. The maximum atomic E-state index is 5.47. The summed E-state index contributed by atoms with van der Waals surface area (Å²) in [6.07, 6.45) is 0. The molecule has 0 saturated carbocycles. The van der Waals surface area contributed by atoms with Crippen molar-refractivity contribution in [3.63, 3.8) is 0 Å². The number of methoxy groups -OCH3 is 3. The number of imidazole rings is 1. The first-order valence-corrected chi connectivity index (χ1v) is 10.8. The van der Waals surface area contributed by atoms with E-state index in [1.807, 2.05) is 24.3 Å². The van der Waals surface area contributed by atoms with Crippen LogP contribution in [0.2, 0.25) is 0 Å². The number of nitrogens with zero attached hydrogens (tertiary/aromatic N) is 3. The Morgan fingerprint density at radius 2 is 1.37 bits per heavy atom. The Labute approximate surface area is 178 Å². The normalized spacial score (nSPS) is 11.2. The van der Waals surface area contributed by atoms with Gasteiger partial charge in [-0.25, -0.2) is 0 Å². The van der Waals surface area contributed by atoms with Crippen LogP contribution in [0.15, 0.2) is 48.5 Å². The summed E-state index contributed by atoms with van der Waals surface area (Å²) in [5.74, 6) is 2.45. The molecule has 150 valence electrons. The van der Waals surface area contributed by atoms with Gasteiger partial charge in [-0.1, -0.05) is 0 Å². The first-order valence-electron chi connectivity index (χ1n) is 9.23. The van der Waals surface area contributed by atoms with E-state index in [9.17, 15) is 0 Å². The number of aromatic nitrogens is 4. The predicted octanol–water partition coefficient (Wildman–Crippen LogP) is 3.92. The molecule has 0 fully saturated rings. The molecule has 0 unspecified atom stereocenters. The summed E-state index contributed by atoms with van der Waals surface area (Å²) >= 11 is -0.0241. The van der Waals surface area contributed by atoms with Gasteiger partial charge >= 0.3 is 137 Å². The molecule has 0 saturated heterocycles. The molecular formula is C22H18N4O3Se. The van der Waals surface area contributed by atoms with E-state index in [-0.39, 0.29) is 15.0 Å². The third-order valence-electron chi connectivity index (χ3n) is 5.01. The fourth-order valence-electron chi connectivity index (χ4n) is 3.51. The van der Waals surface area contributed by atoms with Crippen LogP contribution in [0.25, 0.3) is 44.6 Å². The number of nitrogens with one attached hydrogen (secondary N) is 1. The van der Waals surface area contributed by atoms with Crippen molar-refractivity contribution >= 4 is 37.0 Å². The van der Waals surface area contributed by atoms with Crippen LogP contribution < -0.4 is 14.2 Å². The number of benzene rings is 3. The van der Waals surface area contributed by atoms with Crippen molar-refractivity contribution in [2.45, 2.75) is 0 Å². The molecule has 2 aromatic heterocycles. The van der Waals surface area contributed by atoms with Crippen LogP contribution in [0, 0.1) is 0 Å². The van der Waals surface area contributed by atoms with Gasteiger partial charge in [-0.3, -0.25) is 0 Å². The molecule has 30 heavy (non-hydrogen) atoms. The van der Waals surface area contributed by atoms with Gasteiger partial charge in [0.15, 0.2) is 0 Å². The number of fused-ring (bicyclic) bond motifs is 2. The van der Waals surface area contributed by atoms with Gasteiger partial charge in [-0.2, -0.15) is 0 Å². The number of aromatic amines is 1. The van der Waals surface area contributed by atoms with Gasteiger partial charge in [0.05, 0.1) is 21.3 Å². The minimum atomic E-state index is -0.0241. The quantitative estimate of drug-likeness (QED) is 0.396. The molecule has 8 heteroatoms. The van der Waals surface area contributed by atoms with Crippen LogP contribution >= 0.6 is 0 Å². The van der Waals surface area contributed by atoms with Crippen LogP contribution in [0.5, 0.6) is 17.2 Å². The second-order valence-electron chi connectivity index (χ2n) is 6.70. The van der Waals surface area contributed by atoms with E-state index in [1.54, 1.807) is 21.3 Å². The molecule has 0 atom stereocenters. The summed E-state index contributed by atoms with van der Waals surface area (Å²) in [5, 5.41) is 0. The Balaban J connectivity index is 1.59. The molecule has 0 amide bonds. The molecule has 0 radical (unpaired) electrons. The molecule has 2 heterocycles. The summed E-state index contributed by atoms with van der Waals surface area (Å²) < 4.78 is 25.2. The number of hydrogen-bond acceptors (Lipinski definition) is 6. The van der Waals surface area contributed by atoms with Crippen LogP contribution in [-0.2, 0) is 0 Å². The molecule has 5 aromatic rings. The molecule has 0 bridgehead atoms. The van der Waals surface area contributed by atoms with Gasteiger partial charge in [0.25, 0.3) is 0 Å². The second-order valence-corrected chi connectivity index (χ2v) is 7.81. The number of ether oxygens (including phenoxy) is 3. The standard InChI is InChI=1S/C22H18N4O3Se/c1-27-19-10-14(11-20(28-2)21(19)29-3)22-23-15-6-4-12(8-17(15)24-22)13-5-7-16-18(9-13)26-30-25-16/h4-11H,1-3H3,(H,23,24). The van der Waals surface area contributed by atoms with E-state index in [4.69, 9.17) is 19.2 Å². The number of hydrogen-bond donors (Lipinski definition) is 1. The van der Waals surface area contributed by atoms with E-state index in [0.717, 1.165) is 44.6 Å². The number of H-pyrrole nitrogens is 1. The summed E-state index contributed by atoms with van der Waals surface area (Å²) in [6, 6.07) is 16.1. The molecule has 1 N–H and O–H groups in total. The third-order valence-corrected chi connectivity index (χ3v) is 6.18. The van der Waals surface area contributed by atoms with E-state index < -0.39 is 0 Å². The Morgan fingerprint density at radius 1 is 0.700 bits per heavy atom. The first kappa shape index (κ1) is 18.7. The van der Waals surface area contributed by atoms with Crippen molar-refractivity contribution in [3.8, 4) is 39.8 Å². The molecule has 0 aliphatic heterocycles. The van der Waals surface area contributed by atoms with Gasteiger partial charge in [0, 0.05) is 0 Å². The maximum absolute atomic E-state index is 5.47. The zero-order valence-corrected chi connectivity index (χ0v) is 18.3. The van der Waals surface area contributed by atoms with Crippen LogP contribution in [0.4, 0.5) is 0 Å². The van der Waals surface area contributed by atoms with Crippen molar-refractivity contribution in [2.24, 2.45) is 0 Å². The first-order chi connectivity index (χ1) is 14.7. The topological polar surface area (TPSA) is 82.2 Å². The minimum absolute atomic E-state index is 0.0241. The van der Waals surface area contributed by atoms with Gasteiger partial charge in [0.1, 0.15) is 0 Å². The van der Waals surface area contributed by atoms with E-state index in [0.29, 0.717) is 17.2 Å². The van der Waals surface area contributed by atoms with Crippen molar-refractivity contribution < 1.29 is 14.2 Å². The zero-order valence-electron chi connectivity index (χ0n) is 16.6. The van der Waals surface area contributed by atoms with E-state index >= 15 is 0 Å². The average Bonchev–Trinajstić information content (AvgIpc) is 3.43. The monoisotopic (exact) mass is 466 g/mol. The molecule has 0 aliphatic carbocycles. The summed E-state index contributed by atoms with van der Waals surface area (Å²) in [6.45, 7) is 0. The van der Waals surface area contributed by atoms with Gasteiger partial charge in [-0.05, 0) is 0 Å². The van der Waals surface area contributed by atoms with Crippen LogP contribution in [-0.4, -0.2) is 54.2 Å².